The molecule has 1 aromatic carbocycles. The number of rotatable bonds is 5. The first-order valence-corrected chi connectivity index (χ1v) is 5.47. The summed E-state index contributed by atoms with van der Waals surface area (Å²) in [5.74, 6) is -0.0999. The van der Waals surface area contributed by atoms with Gasteiger partial charge in [-0.15, -0.1) is 0 Å². The lowest BCUT2D eigenvalue weighted by Crippen LogP contribution is -2.39. The minimum absolute atomic E-state index is 0.00362. The van der Waals surface area contributed by atoms with E-state index in [0.717, 1.165) is 5.56 Å². The summed E-state index contributed by atoms with van der Waals surface area (Å²) in [7, 11) is 0. The topological polar surface area (TPSA) is 46.2 Å². The molecular weight excluding hydrogens is 202 g/mol. The van der Waals surface area contributed by atoms with Crippen molar-refractivity contribution in [3.63, 3.8) is 0 Å². The van der Waals surface area contributed by atoms with Gasteiger partial charge in [0.15, 0.2) is 5.78 Å². The molecule has 0 aromatic heterocycles. The standard InChI is InChI=1S/C13H17NO2/c1-3-12(10(2)15)14-13(16)9-11-7-5-4-6-8-11/h4-8,12H,3,9H2,1-2H3,(H,14,16). The van der Waals surface area contributed by atoms with Crippen LogP contribution in [0.2, 0.25) is 0 Å². The molecule has 1 rings (SSSR count). The third-order valence-corrected chi connectivity index (χ3v) is 2.44. The van der Waals surface area contributed by atoms with Gasteiger partial charge in [0.1, 0.15) is 0 Å². The minimum atomic E-state index is -0.351. The van der Waals surface area contributed by atoms with Crippen LogP contribution in [0.3, 0.4) is 0 Å². The van der Waals surface area contributed by atoms with Crippen LogP contribution in [0.15, 0.2) is 30.3 Å². The number of nitrogens with one attached hydrogen (secondary N) is 1. The van der Waals surface area contributed by atoms with Crippen LogP contribution >= 0.6 is 0 Å². The molecule has 0 fully saturated rings. The molecule has 0 bridgehead atoms. The van der Waals surface area contributed by atoms with E-state index in [2.05, 4.69) is 5.32 Å². The molecule has 0 spiro atoms. The highest BCUT2D eigenvalue weighted by Crippen LogP contribution is 2.00. The molecule has 3 nitrogen and oxygen atoms in total. The first-order valence-electron chi connectivity index (χ1n) is 5.47. The molecule has 1 aromatic rings. The van der Waals surface area contributed by atoms with E-state index >= 15 is 0 Å². The first-order chi connectivity index (χ1) is 7.63. The molecule has 3 heteroatoms. The number of benzene rings is 1. The molecule has 1 amide bonds. The summed E-state index contributed by atoms with van der Waals surface area (Å²) in [6.45, 7) is 3.38. The Kier molecular flexibility index (Phi) is 4.70. The first kappa shape index (κ1) is 12.4. The van der Waals surface area contributed by atoms with Gasteiger partial charge in [-0.05, 0) is 18.9 Å². The Balaban J connectivity index is 2.50. The zero-order valence-electron chi connectivity index (χ0n) is 9.69. The smallest absolute Gasteiger partial charge is 0.224 e. The SMILES string of the molecule is CCC(NC(=O)Cc1ccccc1)C(C)=O. The van der Waals surface area contributed by atoms with Crippen molar-refractivity contribution in [1.29, 1.82) is 0 Å². The van der Waals surface area contributed by atoms with Gasteiger partial charge < -0.3 is 5.32 Å². The maximum Gasteiger partial charge on any atom is 0.224 e. The average Bonchev–Trinajstić information content (AvgIpc) is 2.27. The van der Waals surface area contributed by atoms with Crippen LogP contribution < -0.4 is 5.32 Å². The predicted molar refractivity (Wildman–Crippen MR) is 63.0 cm³/mol. The van der Waals surface area contributed by atoms with Crippen molar-refractivity contribution >= 4 is 11.7 Å². The number of amides is 1. The van der Waals surface area contributed by atoms with Crippen molar-refractivity contribution in [1.82, 2.24) is 5.32 Å². The Hall–Kier alpha value is -1.64. The summed E-state index contributed by atoms with van der Waals surface area (Å²) in [5.41, 5.74) is 0.957. The van der Waals surface area contributed by atoms with Gasteiger partial charge in [0.25, 0.3) is 0 Å². The molecule has 0 aliphatic rings. The van der Waals surface area contributed by atoms with Crippen LogP contribution in [-0.4, -0.2) is 17.7 Å². The molecule has 0 saturated heterocycles. The number of hydrogen-bond donors (Lipinski definition) is 1. The van der Waals surface area contributed by atoms with Gasteiger partial charge >= 0.3 is 0 Å². The van der Waals surface area contributed by atoms with Crippen LogP contribution in [0, 0.1) is 0 Å². The Morgan fingerprint density at radius 1 is 1.25 bits per heavy atom. The van der Waals surface area contributed by atoms with E-state index in [9.17, 15) is 9.59 Å². The van der Waals surface area contributed by atoms with Crippen LogP contribution in [0.25, 0.3) is 0 Å². The summed E-state index contributed by atoms with van der Waals surface area (Å²) >= 11 is 0. The summed E-state index contributed by atoms with van der Waals surface area (Å²) in [6.07, 6.45) is 0.959. The monoisotopic (exact) mass is 219 g/mol. The van der Waals surface area contributed by atoms with Crippen LogP contribution in [0.4, 0.5) is 0 Å². The summed E-state index contributed by atoms with van der Waals surface area (Å²) in [4.78, 5) is 22.8. The van der Waals surface area contributed by atoms with Gasteiger partial charge in [-0.3, -0.25) is 9.59 Å². The van der Waals surface area contributed by atoms with E-state index in [4.69, 9.17) is 0 Å². The van der Waals surface area contributed by atoms with Gasteiger partial charge in [0.2, 0.25) is 5.91 Å². The quantitative estimate of drug-likeness (QED) is 0.819. The number of Topliss-reactive ketones (excluding diaryl/α,β-unsaturated/α-hetero) is 1. The third kappa shape index (κ3) is 3.85. The van der Waals surface area contributed by atoms with E-state index in [0.29, 0.717) is 12.8 Å². The van der Waals surface area contributed by atoms with Crippen LogP contribution in [0.1, 0.15) is 25.8 Å². The summed E-state index contributed by atoms with van der Waals surface area (Å²) in [6, 6.07) is 9.14. The van der Waals surface area contributed by atoms with Crippen molar-refractivity contribution in [3.8, 4) is 0 Å². The number of carbonyl (C=O) groups is 2. The molecule has 0 aliphatic heterocycles. The van der Waals surface area contributed by atoms with Crippen molar-refractivity contribution < 1.29 is 9.59 Å². The highest BCUT2D eigenvalue weighted by atomic mass is 16.2. The molecular formula is C13H17NO2. The Morgan fingerprint density at radius 3 is 2.38 bits per heavy atom. The molecule has 0 radical (unpaired) electrons. The van der Waals surface area contributed by atoms with E-state index in [1.807, 2.05) is 37.3 Å². The molecule has 0 aliphatic carbocycles. The fourth-order valence-corrected chi connectivity index (χ4v) is 1.52. The van der Waals surface area contributed by atoms with Gasteiger partial charge in [-0.25, -0.2) is 0 Å². The second kappa shape index (κ2) is 6.05. The lowest BCUT2D eigenvalue weighted by Gasteiger charge is -2.13. The van der Waals surface area contributed by atoms with Gasteiger partial charge in [0, 0.05) is 0 Å². The number of hydrogen-bond acceptors (Lipinski definition) is 2. The highest BCUT2D eigenvalue weighted by molar-refractivity contribution is 5.88. The van der Waals surface area contributed by atoms with E-state index < -0.39 is 0 Å². The Morgan fingerprint density at radius 2 is 1.88 bits per heavy atom. The van der Waals surface area contributed by atoms with Gasteiger partial charge in [-0.1, -0.05) is 37.3 Å². The Labute approximate surface area is 95.9 Å². The molecule has 86 valence electrons. The van der Waals surface area contributed by atoms with E-state index in [1.165, 1.54) is 6.92 Å². The highest BCUT2D eigenvalue weighted by Gasteiger charge is 2.14. The van der Waals surface area contributed by atoms with Crippen molar-refractivity contribution in [2.75, 3.05) is 0 Å². The summed E-state index contributed by atoms with van der Waals surface area (Å²) < 4.78 is 0. The summed E-state index contributed by atoms with van der Waals surface area (Å²) in [5, 5.41) is 2.73. The molecule has 16 heavy (non-hydrogen) atoms. The Bertz CT molecular complexity index is 359. The van der Waals surface area contributed by atoms with Gasteiger partial charge in [0.05, 0.1) is 12.5 Å². The van der Waals surface area contributed by atoms with Crippen molar-refractivity contribution in [3.05, 3.63) is 35.9 Å². The molecule has 0 saturated carbocycles. The zero-order valence-corrected chi connectivity index (χ0v) is 9.69. The second-order valence-electron chi connectivity index (χ2n) is 3.80. The van der Waals surface area contributed by atoms with E-state index in [-0.39, 0.29) is 17.7 Å². The lowest BCUT2D eigenvalue weighted by molar-refractivity contribution is -0.126. The van der Waals surface area contributed by atoms with E-state index in [1.54, 1.807) is 0 Å². The fraction of sp³-hybridized carbons (Fsp3) is 0.385. The maximum atomic E-state index is 11.6. The molecule has 0 heterocycles. The van der Waals surface area contributed by atoms with Gasteiger partial charge in [-0.2, -0.15) is 0 Å². The second-order valence-corrected chi connectivity index (χ2v) is 3.80. The largest absolute Gasteiger partial charge is 0.346 e. The van der Waals surface area contributed by atoms with Crippen LogP contribution in [-0.2, 0) is 16.0 Å². The lowest BCUT2D eigenvalue weighted by atomic mass is 10.1. The molecule has 1 atom stereocenters. The average molecular weight is 219 g/mol. The van der Waals surface area contributed by atoms with Crippen molar-refractivity contribution in [2.45, 2.75) is 32.7 Å². The fourth-order valence-electron chi connectivity index (χ4n) is 1.52. The van der Waals surface area contributed by atoms with Crippen LogP contribution in [0.5, 0.6) is 0 Å². The maximum absolute atomic E-state index is 11.6. The predicted octanol–water partition coefficient (Wildman–Crippen LogP) is 1.71. The van der Waals surface area contributed by atoms with Crippen molar-refractivity contribution in [2.24, 2.45) is 0 Å². The normalized spacial score (nSPS) is 11.9. The number of carbonyl (C=O) groups excluding carboxylic acids is 2. The number of ketones is 1. The third-order valence-electron chi connectivity index (χ3n) is 2.44. The molecule has 1 N–H and O–H groups in total. The zero-order chi connectivity index (χ0) is 12.0. The molecule has 1 unspecified atom stereocenters. The minimum Gasteiger partial charge on any atom is -0.346 e.